The normalized spacial score (nSPS) is 16.3. The molecule has 2 unspecified atom stereocenters. The summed E-state index contributed by atoms with van der Waals surface area (Å²) in [4.78, 5) is 35.3. The van der Waals surface area contributed by atoms with Crippen molar-refractivity contribution in [3.8, 4) is 22.3 Å². The Morgan fingerprint density at radius 2 is 1.30 bits per heavy atom. The first kappa shape index (κ1) is 41.0. The maximum atomic E-state index is 13.7. The van der Waals surface area contributed by atoms with Gasteiger partial charge in [-0.1, -0.05) is 108 Å². The van der Waals surface area contributed by atoms with E-state index in [1.807, 2.05) is 54.6 Å². The van der Waals surface area contributed by atoms with Gasteiger partial charge in [0.25, 0.3) is 0 Å². The summed E-state index contributed by atoms with van der Waals surface area (Å²) in [6.07, 6.45) is 11.3. The highest BCUT2D eigenvalue weighted by Gasteiger charge is 2.49. The predicted octanol–water partition coefficient (Wildman–Crippen LogP) is 9.59. The van der Waals surface area contributed by atoms with Gasteiger partial charge in [-0.25, -0.2) is 0 Å². The Labute approximate surface area is 321 Å². The zero-order valence-electron chi connectivity index (χ0n) is 32.4. The van der Waals surface area contributed by atoms with Gasteiger partial charge in [-0.15, -0.1) is 0 Å². The van der Waals surface area contributed by atoms with Gasteiger partial charge in [0.2, 0.25) is 11.8 Å². The first-order chi connectivity index (χ1) is 26.3. The second kappa shape index (κ2) is 19.9. The number of nitrogens with one attached hydrogen (secondary N) is 2. The second-order valence-electron chi connectivity index (χ2n) is 14.0. The highest BCUT2D eigenvalue weighted by molar-refractivity contribution is 7.53. The van der Waals surface area contributed by atoms with E-state index in [4.69, 9.17) is 14.0 Å². The number of hydrogen-bond donors (Lipinski definition) is 2. The Bertz CT molecular complexity index is 1790. The van der Waals surface area contributed by atoms with E-state index in [2.05, 4.69) is 61.5 Å². The van der Waals surface area contributed by atoms with E-state index in [9.17, 15) is 14.2 Å². The highest BCUT2D eigenvalue weighted by atomic mass is 31.2. The molecule has 0 bridgehead atoms. The Kier molecular flexibility index (Phi) is 15.1. The lowest BCUT2D eigenvalue weighted by Gasteiger charge is -2.30. The van der Waals surface area contributed by atoms with Gasteiger partial charge in [0.15, 0.2) is 0 Å². The molecule has 0 radical (unpaired) electrons. The molecule has 0 fully saturated rings. The summed E-state index contributed by atoms with van der Waals surface area (Å²) in [5.41, 5.74) is 7.20. The minimum Gasteiger partial charge on any atom is -0.355 e. The van der Waals surface area contributed by atoms with Crippen molar-refractivity contribution < 1.29 is 23.2 Å². The van der Waals surface area contributed by atoms with Crippen molar-refractivity contribution in [2.24, 2.45) is 0 Å². The molecule has 2 heterocycles. The van der Waals surface area contributed by atoms with Crippen LogP contribution in [0, 0.1) is 0 Å². The number of unbranched alkanes of at least 4 members (excludes halogenated alkanes) is 3. The van der Waals surface area contributed by atoms with Gasteiger partial charge in [0.05, 0.1) is 30.8 Å². The van der Waals surface area contributed by atoms with E-state index in [1.165, 1.54) is 0 Å². The Morgan fingerprint density at radius 1 is 0.685 bits per heavy atom. The number of fused-ring (bicyclic) bond motifs is 6. The summed E-state index contributed by atoms with van der Waals surface area (Å²) in [5, 5.41) is 6.12. The summed E-state index contributed by atoms with van der Waals surface area (Å²) in [6, 6.07) is 24.1. The molecule has 2 aliphatic rings. The zero-order chi connectivity index (χ0) is 38.4. The lowest BCUT2D eigenvalue weighted by atomic mass is 9.75. The van der Waals surface area contributed by atoms with Crippen LogP contribution in [0.3, 0.4) is 0 Å². The average molecular weight is 753 g/mol. The van der Waals surface area contributed by atoms with Gasteiger partial charge in [-0.2, -0.15) is 0 Å². The maximum absolute atomic E-state index is 13.7. The smallest absolute Gasteiger partial charge is 0.330 e. The van der Waals surface area contributed by atoms with E-state index >= 15 is 0 Å². The van der Waals surface area contributed by atoms with Gasteiger partial charge in [0.1, 0.15) is 11.3 Å². The van der Waals surface area contributed by atoms with Crippen LogP contribution in [0.5, 0.6) is 0 Å². The molecular formula is C44H57N4O5P. The first-order valence-electron chi connectivity index (χ1n) is 19.9. The number of benzene rings is 2. The van der Waals surface area contributed by atoms with Crippen molar-refractivity contribution in [1.29, 1.82) is 0 Å². The molecule has 0 spiro atoms. The molecule has 0 aliphatic heterocycles. The summed E-state index contributed by atoms with van der Waals surface area (Å²) in [6.45, 7) is 10.5. The average Bonchev–Trinajstić information content (AvgIpc) is 3.69. The molecule has 0 saturated heterocycles. The van der Waals surface area contributed by atoms with Gasteiger partial charge >= 0.3 is 7.60 Å². The van der Waals surface area contributed by atoms with Crippen molar-refractivity contribution >= 4 is 19.4 Å². The van der Waals surface area contributed by atoms with Crippen LogP contribution in [0.2, 0.25) is 0 Å². The number of carbonyl (C=O) groups excluding carboxylic acids is 2. The minimum atomic E-state index is -3.15. The monoisotopic (exact) mass is 752 g/mol. The van der Waals surface area contributed by atoms with Crippen LogP contribution < -0.4 is 10.6 Å². The van der Waals surface area contributed by atoms with Gasteiger partial charge in [-0.05, 0) is 72.9 Å². The fraction of sp³-hybridized carbons (Fsp3) is 0.455. The SMILES string of the molecule is CCCCOP(=O)(CCCCC1(C(=O)NCCC)c2ccccc2-c2cccnc21)OCCCC.CCCNC(=O)C1c2ccccc2-c2cccnc21. The Hall–Kier alpha value is -4.17. The molecule has 0 saturated carbocycles. The Balaban J connectivity index is 0.000000246. The number of carbonyl (C=O) groups is 2. The Morgan fingerprint density at radius 3 is 2.00 bits per heavy atom. The number of aromatic nitrogens is 2. The molecule has 4 aromatic rings. The van der Waals surface area contributed by atoms with E-state index in [0.717, 1.165) is 83.3 Å². The number of pyridine rings is 2. The van der Waals surface area contributed by atoms with Gasteiger partial charge < -0.3 is 19.7 Å². The molecular weight excluding hydrogens is 695 g/mol. The lowest BCUT2D eigenvalue weighted by Crippen LogP contribution is -2.45. The van der Waals surface area contributed by atoms with E-state index < -0.39 is 13.0 Å². The van der Waals surface area contributed by atoms with Crippen LogP contribution in [0.4, 0.5) is 0 Å². The molecule has 10 heteroatoms. The molecule has 9 nitrogen and oxygen atoms in total. The molecule has 2 aromatic carbocycles. The fourth-order valence-corrected chi connectivity index (χ4v) is 9.11. The van der Waals surface area contributed by atoms with Crippen molar-refractivity contribution in [3.05, 3.63) is 108 Å². The molecule has 2 aliphatic carbocycles. The van der Waals surface area contributed by atoms with Crippen molar-refractivity contribution in [3.63, 3.8) is 0 Å². The van der Waals surface area contributed by atoms with Crippen LogP contribution >= 0.6 is 7.60 Å². The van der Waals surface area contributed by atoms with Crippen LogP contribution in [0.1, 0.15) is 114 Å². The summed E-state index contributed by atoms with van der Waals surface area (Å²) >= 11 is 0. The molecule has 2 N–H and O–H groups in total. The molecule has 6 rings (SSSR count). The molecule has 2 amide bonds. The third kappa shape index (κ3) is 9.19. The lowest BCUT2D eigenvalue weighted by molar-refractivity contribution is -0.125. The van der Waals surface area contributed by atoms with Crippen molar-refractivity contribution in [1.82, 2.24) is 20.6 Å². The number of hydrogen-bond acceptors (Lipinski definition) is 7. The quantitative estimate of drug-likeness (QED) is 0.0723. The third-order valence-electron chi connectivity index (χ3n) is 10.1. The summed E-state index contributed by atoms with van der Waals surface area (Å²) < 4.78 is 24.9. The summed E-state index contributed by atoms with van der Waals surface area (Å²) in [5.74, 6) is -0.225. The van der Waals surface area contributed by atoms with E-state index in [0.29, 0.717) is 51.7 Å². The summed E-state index contributed by atoms with van der Waals surface area (Å²) in [7, 11) is -3.15. The largest absolute Gasteiger partial charge is 0.355 e. The van der Waals surface area contributed by atoms with E-state index in [-0.39, 0.29) is 17.7 Å². The molecule has 54 heavy (non-hydrogen) atoms. The zero-order valence-corrected chi connectivity index (χ0v) is 33.3. The van der Waals surface area contributed by atoms with Crippen LogP contribution in [0.25, 0.3) is 22.3 Å². The fourth-order valence-electron chi connectivity index (χ4n) is 7.36. The minimum absolute atomic E-state index is 0.00850. The highest BCUT2D eigenvalue weighted by Crippen LogP contribution is 2.53. The van der Waals surface area contributed by atoms with Crippen molar-refractivity contribution in [2.75, 3.05) is 32.5 Å². The standard InChI is InChI=1S/C28H41N2O4P.C16H16N2O/c1-4-7-20-33-35(32,34-21-8-5-2)22-12-11-17-28(27(31)30-18-6-3)25-16-10-9-14-23(25)24-15-13-19-29-26(24)28;1-2-9-18-16(19)14-12-7-4-3-6-11(12)13-8-5-10-17-15(13)14/h9-10,13-16,19H,4-8,11-12,17-18,20-22H2,1-3H3,(H,30,31);3-8,10,14H,2,9H2,1H3,(H,18,19). The number of rotatable bonds is 19. The van der Waals surface area contributed by atoms with Crippen LogP contribution in [0.15, 0.2) is 85.2 Å². The maximum Gasteiger partial charge on any atom is 0.330 e. The molecule has 288 valence electrons. The van der Waals surface area contributed by atoms with E-state index in [1.54, 1.807) is 12.4 Å². The first-order valence-corrected chi connectivity index (χ1v) is 21.6. The number of amides is 2. The van der Waals surface area contributed by atoms with Crippen LogP contribution in [-0.2, 0) is 28.6 Å². The molecule has 2 aromatic heterocycles. The second-order valence-corrected chi connectivity index (χ2v) is 16.2. The predicted molar refractivity (Wildman–Crippen MR) is 217 cm³/mol. The topological polar surface area (TPSA) is 120 Å². The molecule has 2 atom stereocenters. The number of nitrogens with zero attached hydrogens (tertiary/aromatic N) is 2. The third-order valence-corrected chi connectivity index (χ3v) is 12.1. The van der Waals surface area contributed by atoms with Gasteiger partial charge in [-0.3, -0.25) is 24.1 Å². The van der Waals surface area contributed by atoms with Crippen molar-refractivity contribution in [2.45, 2.75) is 96.8 Å². The van der Waals surface area contributed by atoms with Crippen LogP contribution in [-0.4, -0.2) is 54.2 Å². The van der Waals surface area contributed by atoms with Gasteiger partial charge in [0, 0.05) is 36.6 Å².